The SMILES string of the molecule is CCOS(=O)(=O)[O-].CC[P+](c1ccccc1)(c1ccccc1)c1ccccc1. The van der Waals surface area contributed by atoms with E-state index in [2.05, 4.69) is 102 Å². The van der Waals surface area contributed by atoms with Crippen LogP contribution in [0.3, 0.4) is 0 Å². The van der Waals surface area contributed by atoms with Crippen molar-refractivity contribution < 1.29 is 17.2 Å². The van der Waals surface area contributed by atoms with E-state index < -0.39 is 17.7 Å². The maximum absolute atomic E-state index is 9.45. The van der Waals surface area contributed by atoms with E-state index in [1.165, 1.54) is 22.8 Å². The topological polar surface area (TPSA) is 66.4 Å². The van der Waals surface area contributed by atoms with Crippen molar-refractivity contribution in [1.82, 2.24) is 0 Å². The molecule has 3 aromatic carbocycles. The molecule has 0 aromatic heterocycles. The summed E-state index contributed by atoms with van der Waals surface area (Å²) in [7, 11) is -5.96. The van der Waals surface area contributed by atoms with Crippen molar-refractivity contribution in [3.8, 4) is 0 Å². The van der Waals surface area contributed by atoms with Crippen LogP contribution in [0.5, 0.6) is 0 Å². The molecule has 0 N–H and O–H groups in total. The zero-order chi connectivity index (χ0) is 20.5. The summed E-state index contributed by atoms with van der Waals surface area (Å²) in [4.78, 5) is 0. The molecule has 0 unspecified atom stereocenters. The largest absolute Gasteiger partial charge is 0.726 e. The molecule has 0 saturated heterocycles. The molecule has 6 heteroatoms. The zero-order valence-corrected chi connectivity index (χ0v) is 17.8. The van der Waals surface area contributed by atoms with Gasteiger partial charge in [0, 0.05) is 0 Å². The van der Waals surface area contributed by atoms with E-state index in [1.807, 2.05) is 0 Å². The molecule has 3 rings (SSSR count). The molecular weight excluding hydrogens is 391 g/mol. The first-order chi connectivity index (χ1) is 13.4. The second-order valence-electron chi connectivity index (χ2n) is 5.95. The van der Waals surface area contributed by atoms with Crippen LogP contribution in [0.2, 0.25) is 0 Å². The fraction of sp³-hybridized carbons (Fsp3) is 0.182. The second kappa shape index (κ2) is 10.5. The lowest BCUT2D eigenvalue weighted by Crippen LogP contribution is -2.32. The number of hydrogen-bond acceptors (Lipinski definition) is 4. The Morgan fingerprint density at radius 1 is 0.714 bits per heavy atom. The molecule has 0 radical (unpaired) electrons. The third kappa shape index (κ3) is 5.73. The fourth-order valence-corrected chi connectivity index (χ4v) is 7.51. The van der Waals surface area contributed by atoms with Crippen LogP contribution >= 0.6 is 7.26 Å². The van der Waals surface area contributed by atoms with Gasteiger partial charge in [-0.25, -0.2) is 8.42 Å². The van der Waals surface area contributed by atoms with Crippen LogP contribution in [0.4, 0.5) is 0 Å². The summed E-state index contributed by atoms with van der Waals surface area (Å²) in [5, 5.41) is 4.39. The van der Waals surface area contributed by atoms with E-state index in [1.54, 1.807) is 0 Å². The normalized spacial score (nSPS) is 11.4. The Balaban J connectivity index is 0.000000345. The third-order valence-electron chi connectivity index (χ3n) is 4.33. The lowest BCUT2D eigenvalue weighted by atomic mass is 10.4. The molecule has 0 amide bonds. The van der Waals surface area contributed by atoms with Crippen molar-refractivity contribution in [3.63, 3.8) is 0 Å². The summed E-state index contributed by atoms with van der Waals surface area (Å²) in [6.45, 7) is 3.65. The summed E-state index contributed by atoms with van der Waals surface area (Å²) >= 11 is 0. The summed E-state index contributed by atoms with van der Waals surface area (Å²) in [5.74, 6) is 0. The van der Waals surface area contributed by atoms with Crippen molar-refractivity contribution >= 4 is 33.6 Å². The van der Waals surface area contributed by atoms with E-state index in [4.69, 9.17) is 0 Å². The average Bonchev–Trinajstić information content (AvgIpc) is 2.71. The van der Waals surface area contributed by atoms with Gasteiger partial charge in [0.15, 0.2) is 0 Å². The number of rotatable bonds is 6. The highest BCUT2D eigenvalue weighted by Gasteiger charge is 2.43. The van der Waals surface area contributed by atoms with Crippen molar-refractivity contribution in [1.29, 1.82) is 0 Å². The molecule has 4 nitrogen and oxygen atoms in total. The predicted molar refractivity (Wildman–Crippen MR) is 117 cm³/mol. The van der Waals surface area contributed by atoms with Crippen LogP contribution in [0.25, 0.3) is 0 Å². The second-order valence-corrected chi connectivity index (χ2v) is 10.8. The van der Waals surface area contributed by atoms with Gasteiger partial charge in [-0.15, -0.1) is 0 Å². The van der Waals surface area contributed by atoms with Crippen LogP contribution in [0.1, 0.15) is 13.8 Å². The molecule has 0 heterocycles. The molecule has 0 spiro atoms. The van der Waals surface area contributed by atoms with E-state index in [-0.39, 0.29) is 6.61 Å². The molecular formula is C22H25O4PS. The molecule has 0 aliphatic rings. The summed E-state index contributed by atoms with van der Waals surface area (Å²) in [5.41, 5.74) is 0. The smallest absolute Gasteiger partial charge is 0.217 e. The molecule has 148 valence electrons. The summed E-state index contributed by atoms with van der Waals surface area (Å²) < 4.78 is 32.0. The first kappa shape index (κ1) is 22.3. The molecule has 0 aliphatic heterocycles. The van der Waals surface area contributed by atoms with E-state index in [9.17, 15) is 13.0 Å². The highest BCUT2D eigenvalue weighted by atomic mass is 32.3. The van der Waals surface area contributed by atoms with Crippen molar-refractivity contribution in [2.24, 2.45) is 0 Å². The highest BCUT2D eigenvalue weighted by molar-refractivity contribution is 7.95. The standard InChI is InChI=1S/C20H20P.C2H6O4S/c1-2-21(18-12-6-3-7-13-18,19-14-8-4-9-15-19)20-16-10-5-11-17-20;1-2-6-7(3,4)5/h3-17H,2H2,1H3;2H2,1H3,(H,3,4,5)/q+1;/p-1. The van der Waals surface area contributed by atoms with Gasteiger partial charge in [0.25, 0.3) is 0 Å². The first-order valence-electron chi connectivity index (χ1n) is 9.09. The predicted octanol–water partition coefficient (Wildman–Crippen LogP) is 3.48. The Bertz CT molecular complexity index is 833. The van der Waals surface area contributed by atoms with Gasteiger partial charge in [-0.3, -0.25) is 4.18 Å². The molecule has 0 atom stereocenters. The molecule has 0 saturated carbocycles. The van der Waals surface area contributed by atoms with Gasteiger partial charge >= 0.3 is 0 Å². The van der Waals surface area contributed by atoms with Crippen molar-refractivity contribution in [3.05, 3.63) is 91.0 Å². The van der Waals surface area contributed by atoms with Crippen LogP contribution < -0.4 is 15.9 Å². The average molecular weight is 416 g/mol. The Labute approximate surface area is 168 Å². The van der Waals surface area contributed by atoms with Gasteiger partial charge in [-0.05, 0) is 50.2 Å². The Morgan fingerprint density at radius 3 is 1.21 bits per heavy atom. The van der Waals surface area contributed by atoms with E-state index in [0.29, 0.717) is 0 Å². The fourth-order valence-electron chi connectivity index (χ4n) is 3.19. The van der Waals surface area contributed by atoms with Crippen LogP contribution in [-0.4, -0.2) is 25.7 Å². The maximum atomic E-state index is 9.45. The van der Waals surface area contributed by atoms with Gasteiger partial charge < -0.3 is 4.55 Å². The lowest BCUT2D eigenvalue weighted by molar-refractivity contribution is 0.275. The number of hydrogen-bond donors (Lipinski definition) is 0. The molecule has 3 aromatic rings. The van der Waals surface area contributed by atoms with Gasteiger partial charge in [0.2, 0.25) is 10.4 Å². The van der Waals surface area contributed by atoms with Gasteiger partial charge in [-0.2, -0.15) is 0 Å². The van der Waals surface area contributed by atoms with Gasteiger partial charge in [0.1, 0.15) is 23.2 Å². The third-order valence-corrected chi connectivity index (χ3v) is 9.34. The lowest BCUT2D eigenvalue weighted by Gasteiger charge is -2.26. The monoisotopic (exact) mass is 416 g/mol. The Hall–Kier alpha value is -2.04. The van der Waals surface area contributed by atoms with Gasteiger partial charge in [0.05, 0.1) is 12.8 Å². The minimum absolute atomic E-state index is 0.0914. The van der Waals surface area contributed by atoms with Crippen LogP contribution in [0.15, 0.2) is 91.0 Å². The molecule has 28 heavy (non-hydrogen) atoms. The van der Waals surface area contributed by atoms with Crippen LogP contribution in [0, 0.1) is 0 Å². The quantitative estimate of drug-likeness (QED) is 0.351. The summed E-state index contributed by atoms with van der Waals surface area (Å²) in [6.07, 6.45) is 1.14. The first-order valence-corrected chi connectivity index (χ1v) is 12.4. The highest BCUT2D eigenvalue weighted by Crippen LogP contribution is 2.54. The van der Waals surface area contributed by atoms with Crippen LogP contribution in [-0.2, 0) is 14.6 Å². The Morgan fingerprint density at radius 2 is 1.04 bits per heavy atom. The summed E-state index contributed by atoms with van der Waals surface area (Å²) in [6, 6.07) is 33.0. The van der Waals surface area contributed by atoms with Crippen molar-refractivity contribution in [2.75, 3.05) is 12.8 Å². The van der Waals surface area contributed by atoms with Gasteiger partial charge in [-0.1, -0.05) is 54.6 Å². The van der Waals surface area contributed by atoms with E-state index >= 15 is 0 Å². The molecule has 0 bridgehead atoms. The maximum Gasteiger partial charge on any atom is 0.217 e. The molecule has 0 fully saturated rings. The molecule has 0 aliphatic carbocycles. The number of benzene rings is 3. The minimum Gasteiger partial charge on any atom is -0.726 e. The van der Waals surface area contributed by atoms with Crippen molar-refractivity contribution in [2.45, 2.75) is 13.8 Å². The zero-order valence-electron chi connectivity index (χ0n) is 16.1. The van der Waals surface area contributed by atoms with E-state index in [0.717, 1.165) is 6.16 Å². The Kier molecular flexibility index (Phi) is 8.34. The minimum atomic E-state index is -4.42.